The van der Waals surface area contributed by atoms with Crippen LogP contribution in [0.5, 0.6) is 5.75 Å². The quantitative estimate of drug-likeness (QED) is 0.396. The summed E-state index contributed by atoms with van der Waals surface area (Å²) in [6.45, 7) is 2.01. The van der Waals surface area contributed by atoms with Crippen molar-refractivity contribution in [3.8, 4) is 5.75 Å². The zero-order valence-electron chi connectivity index (χ0n) is 16.4. The number of amides is 1. The predicted molar refractivity (Wildman–Crippen MR) is 121 cm³/mol. The summed E-state index contributed by atoms with van der Waals surface area (Å²) < 4.78 is 5.95. The molecule has 0 aromatic heterocycles. The van der Waals surface area contributed by atoms with Crippen LogP contribution in [-0.4, -0.2) is 17.8 Å². The minimum absolute atomic E-state index is 0.0489. The minimum Gasteiger partial charge on any atom is -0.482 e. The average molecular weight is 442 g/mol. The number of halogens is 2. The fourth-order valence-corrected chi connectivity index (χ4v) is 3.44. The Bertz CT molecular complexity index is 1020. The normalized spacial score (nSPS) is 11.6. The van der Waals surface area contributed by atoms with Gasteiger partial charge in [0.15, 0.2) is 6.10 Å². The van der Waals surface area contributed by atoms with Gasteiger partial charge in [-0.1, -0.05) is 66.9 Å². The second-order valence-electron chi connectivity index (χ2n) is 6.73. The molecule has 6 heteroatoms. The molecular formula is C24H21Cl2NO3. The number of hydrogen-bond acceptors (Lipinski definition) is 3. The lowest BCUT2D eigenvalue weighted by Gasteiger charge is -2.18. The maximum absolute atomic E-state index is 12.8. The summed E-state index contributed by atoms with van der Waals surface area (Å²) in [4.78, 5) is 25.2. The van der Waals surface area contributed by atoms with Gasteiger partial charge in [-0.15, -0.1) is 0 Å². The summed E-state index contributed by atoms with van der Waals surface area (Å²) in [6, 6.07) is 20.7. The Morgan fingerprint density at radius 3 is 2.30 bits per heavy atom. The molecule has 30 heavy (non-hydrogen) atoms. The predicted octanol–water partition coefficient (Wildman–Crippen LogP) is 6.68. The Labute approximate surface area is 185 Å². The summed E-state index contributed by atoms with van der Waals surface area (Å²) in [7, 11) is 0. The number of ether oxygens (including phenoxy) is 1. The van der Waals surface area contributed by atoms with Crippen molar-refractivity contribution >= 4 is 40.6 Å². The molecule has 0 saturated heterocycles. The van der Waals surface area contributed by atoms with E-state index in [1.165, 1.54) is 6.07 Å². The molecule has 0 bridgehead atoms. The first-order valence-corrected chi connectivity index (χ1v) is 10.4. The smallest absolute Gasteiger partial charge is 0.257 e. The van der Waals surface area contributed by atoms with E-state index in [0.717, 1.165) is 6.42 Å². The molecule has 0 fully saturated rings. The third-order valence-corrected chi connectivity index (χ3v) is 5.02. The fourth-order valence-electron chi connectivity index (χ4n) is 2.95. The third kappa shape index (κ3) is 5.62. The van der Waals surface area contributed by atoms with E-state index in [4.69, 9.17) is 27.9 Å². The highest BCUT2D eigenvalue weighted by Gasteiger charge is 2.21. The van der Waals surface area contributed by atoms with Gasteiger partial charge >= 0.3 is 0 Å². The number of ketones is 1. The first-order valence-electron chi connectivity index (χ1n) is 9.60. The van der Waals surface area contributed by atoms with Gasteiger partial charge in [0.05, 0.1) is 10.6 Å². The van der Waals surface area contributed by atoms with Crippen molar-refractivity contribution in [1.29, 1.82) is 0 Å². The summed E-state index contributed by atoms with van der Waals surface area (Å²) in [5.41, 5.74) is 1.54. The molecule has 0 heterocycles. The number of hydrogen-bond donors (Lipinski definition) is 1. The molecule has 0 spiro atoms. The summed E-state index contributed by atoms with van der Waals surface area (Å²) in [5.74, 6) is 0.168. The lowest BCUT2D eigenvalue weighted by atomic mass is 10.0. The van der Waals surface area contributed by atoms with E-state index in [-0.39, 0.29) is 16.7 Å². The van der Waals surface area contributed by atoms with Crippen LogP contribution in [0.1, 0.15) is 40.5 Å². The highest BCUT2D eigenvalue weighted by Crippen LogP contribution is 2.24. The molecule has 0 saturated carbocycles. The van der Waals surface area contributed by atoms with Crippen LogP contribution in [-0.2, 0) is 0 Å². The maximum atomic E-state index is 12.8. The lowest BCUT2D eigenvalue weighted by molar-refractivity contribution is 0.0777. The maximum Gasteiger partial charge on any atom is 0.257 e. The molecule has 1 unspecified atom stereocenters. The van der Waals surface area contributed by atoms with E-state index in [1.807, 2.05) is 25.1 Å². The van der Waals surface area contributed by atoms with Gasteiger partial charge in [0, 0.05) is 16.3 Å². The molecular weight excluding hydrogens is 421 g/mol. The first-order chi connectivity index (χ1) is 14.5. The standard InChI is InChI=1S/C24H21Cl2NO3/c1-2-6-22(23(28)16-7-4-3-5-8-16)30-19-12-10-18(11-13-19)27-24(29)20-14-9-17(25)15-21(20)26/h3-5,7-15,22H,2,6H2,1H3,(H,27,29). The lowest BCUT2D eigenvalue weighted by Crippen LogP contribution is -2.27. The zero-order valence-corrected chi connectivity index (χ0v) is 17.9. The Hall–Kier alpha value is -2.82. The Morgan fingerprint density at radius 1 is 0.967 bits per heavy atom. The van der Waals surface area contributed by atoms with Crippen LogP contribution >= 0.6 is 23.2 Å². The van der Waals surface area contributed by atoms with Gasteiger partial charge in [-0.05, 0) is 48.9 Å². The van der Waals surface area contributed by atoms with E-state index in [2.05, 4.69) is 5.32 Å². The number of carbonyl (C=O) groups is 2. The van der Waals surface area contributed by atoms with E-state index < -0.39 is 6.10 Å². The van der Waals surface area contributed by atoms with Crippen molar-refractivity contribution in [2.24, 2.45) is 0 Å². The minimum atomic E-state index is -0.564. The van der Waals surface area contributed by atoms with Gasteiger partial charge in [-0.3, -0.25) is 9.59 Å². The van der Waals surface area contributed by atoms with Gasteiger partial charge in [0.2, 0.25) is 5.78 Å². The SMILES string of the molecule is CCCC(Oc1ccc(NC(=O)c2ccc(Cl)cc2Cl)cc1)C(=O)c1ccccc1. The number of benzene rings is 3. The van der Waals surface area contributed by atoms with Gasteiger partial charge in [-0.25, -0.2) is 0 Å². The monoisotopic (exact) mass is 441 g/mol. The number of nitrogens with one attached hydrogen (secondary N) is 1. The van der Waals surface area contributed by atoms with Crippen molar-refractivity contribution in [3.05, 3.63) is 94.0 Å². The van der Waals surface area contributed by atoms with Gasteiger partial charge in [0.1, 0.15) is 5.75 Å². The van der Waals surface area contributed by atoms with Crippen molar-refractivity contribution in [2.75, 3.05) is 5.32 Å². The number of carbonyl (C=O) groups excluding carboxylic acids is 2. The van der Waals surface area contributed by atoms with Gasteiger partial charge in [-0.2, -0.15) is 0 Å². The summed E-state index contributed by atoms with van der Waals surface area (Å²) in [5, 5.41) is 3.53. The van der Waals surface area contributed by atoms with Gasteiger partial charge in [0.25, 0.3) is 5.91 Å². The molecule has 3 aromatic rings. The van der Waals surface area contributed by atoms with Crippen LogP contribution in [0.2, 0.25) is 10.0 Å². The second kappa shape index (κ2) is 10.3. The third-order valence-electron chi connectivity index (χ3n) is 4.47. The topological polar surface area (TPSA) is 55.4 Å². The molecule has 0 aliphatic heterocycles. The molecule has 0 aliphatic carbocycles. The molecule has 1 amide bonds. The van der Waals surface area contributed by atoms with E-state index in [0.29, 0.717) is 34.0 Å². The van der Waals surface area contributed by atoms with Crippen LogP contribution in [0, 0.1) is 0 Å². The first kappa shape index (κ1) is 21.9. The molecule has 1 atom stereocenters. The Kier molecular flexibility index (Phi) is 7.50. The number of Topliss-reactive ketones (excluding diaryl/α,β-unsaturated/α-hetero) is 1. The fraction of sp³-hybridized carbons (Fsp3) is 0.167. The van der Waals surface area contributed by atoms with E-state index in [9.17, 15) is 9.59 Å². The Balaban J connectivity index is 1.68. The molecule has 3 rings (SSSR count). The number of rotatable bonds is 8. The van der Waals surface area contributed by atoms with Crippen LogP contribution in [0.4, 0.5) is 5.69 Å². The van der Waals surface area contributed by atoms with Crippen LogP contribution in [0.3, 0.4) is 0 Å². The summed E-state index contributed by atoms with van der Waals surface area (Å²) >= 11 is 12.0. The van der Waals surface area contributed by atoms with E-state index in [1.54, 1.807) is 48.5 Å². The van der Waals surface area contributed by atoms with Crippen LogP contribution in [0.15, 0.2) is 72.8 Å². The largest absolute Gasteiger partial charge is 0.482 e. The van der Waals surface area contributed by atoms with Crippen LogP contribution < -0.4 is 10.1 Å². The molecule has 154 valence electrons. The van der Waals surface area contributed by atoms with Crippen molar-refractivity contribution in [2.45, 2.75) is 25.9 Å². The molecule has 1 N–H and O–H groups in total. The van der Waals surface area contributed by atoms with Crippen molar-refractivity contribution < 1.29 is 14.3 Å². The van der Waals surface area contributed by atoms with Crippen LogP contribution in [0.25, 0.3) is 0 Å². The highest BCUT2D eigenvalue weighted by atomic mass is 35.5. The molecule has 0 radical (unpaired) electrons. The van der Waals surface area contributed by atoms with Crippen molar-refractivity contribution in [3.63, 3.8) is 0 Å². The molecule has 0 aliphatic rings. The van der Waals surface area contributed by atoms with Gasteiger partial charge < -0.3 is 10.1 Å². The van der Waals surface area contributed by atoms with E-state index >= 15 is 0 Å². The average Bonchev–Trinajstić information content (AvgIpc) is 2.74. The van der Waals surface area contributed by atoms with Crippen molar-refractivity contribution in [1.82, 2.24) is 0 Å². The highest BCUT2D eigenvalue weighted by molar-refractivity contribution is 6.37. The summed E-state index contributed by atoms with van der Waals surface area (Å²) in [6.07, 6.45) is 0.867. The molecule has 4 nitrogen and oxygen atoms in total. The molecule has 3 aromatic carbocycles. The zero-order chi connectivity index (χ0) is 21.5. The second-order valence-corrected chi connectivity index (χ2v) is 7.57. The Morgan fingerprint density at radius 2 is 1.67 bits per heavy atom. The number of anilines is 1.